The lowest BCUT2D eigenvalue weighted by Gasteiger charge is -2.19. The summed E-state index contributed by atoms with van der Waals surface area (Å²) in [6.45, 7) is 1.50. The largest absolute Gasteiger partial charge is 0.481 e. The van der Waals surface area contributed by atoms with Gasteiger partial charge < -0.3 is 20.6 Å². The number of hydrogen-bond donors (Lipinski definition) is 3. The van der Waals surface area contributed by atoms with E-state index in [1.54, 1.807) is 18.3 Å². The van der Waals surface area contributed by atoms with Crippen molar-refractivity contribution in [3.8, 4) is 0 Å². The van der Waals surface area contributed by atoms with Crippen molar-refractivity contribution < 1.29 is 14.7 Å². The van der Waals surface area contributed by atoms with Crippen LogP contribution in [0.1, 0.15) is 12.8 Å². The number of halogens is 1. The first-order valence-electron chi connectivity index (χ1n) is 6.68. The average molecular weight is 313 g/mol. The van der Waals surface area contributed by atoms with Crippen molar-refractivity contribution >= 4 is 29.4 Å². The zero-order valence-corrected chi connectivity index (χ0v) is 12.1. The van der Waals surface area contributed by atoms with Gasteiger partial charge in [0.15, 0.2) is 0 Å². The summed E-state index contributed by atoms with van der Waals surface area (Å²) in [4.78, 5) is 28.2. The second-order valence-electron chi connectivity index (χ2n) is 4.78. The Kier molecular flexibility index (Phi) is 5.21. The van der Waals surface area contributed by atoms with Gasteiger partial charge in [0.05, 0.1) is 11.4 Å². The predicted octanol–water partition coefficient (Wildman–Crippen LogP) is 1.09. The van der Waals surface area contributed by atoms with Crippen molar-refractivity contribution in [2.24, 2.45) is 0 Å². The van der Waals surface area contributed by atoms with Crippen molar-refractivity contribution in [2.45, 2.75) is 18.9 Å². The molecule has 3 N–H and O–H groups in total. The number of anilines is 1. The summed E-state index contributed by atoms with van der Waals surface area (Å²) in [7, 11) is 0. The number of urea groups is 1. The Morgan fingerprint density at radius 2 is 2.33 bits per heavy atom. The molecule has 0 saturated carbocycles. The van der Waals surface area contributed by atoms with Gasteiger partial charge in [-0.05, 0) is 18.6 Å². The van der Waals surface area contributed by atoms with Crippen LogP contribution in [0.5, 0.6) is 0 Å². The molecule has 0 aliphatic carbocycles. The third-order valence-electron chi connectivity index (χ3n) is 3.19. The number of amides is 2. The van der Waals surface area contributed by atoms with Crippen LogP contribution in [0.15, 0.2) is 18.3 Å². The zero-order chi connectivity index (χ0) is 15.2. The molecule has 1 aromatic rings. The predicted molar refractivity (Wildman–Crippen MR) is 78.7 cm³/mol. The van der Waals surface area contributed by atoms with Gasteiger partial charge in [0.2, 0.25) is 0 Å². The van der Waals surface area contributed by atoms with Crippen LogP contribution in [-0.2, 0) is 4.79 Å². The van der Waals surface area contributed by atoms with Gasteiger partial charge in [0.25, 0.3) is 0 Å². The molecular formula is C13H17ClN4O3. The molecule has 2 amide bonds. The van der Waals surface area contributed by atoms with Crippen LogP contribution in [0, 0.1) is 0 Å². The minimum atomic E-state index is -0.938. The van der Waals surface area contributed by atoms with Crippen molar-refractivity contribution in [1.82, 2.24) is 15.6 Å². The van der Waals surface area contributed by atoms with Crippen LogP contribution in [-0.4, -0.2) is 47.8 Å². The maximum atomic E-state index is 11.6. The number of carboxylic acid groups (broad SMARTS) is 1. The lowest BCUT2D eigenvalue weighted by molar-refractivity contribution is -0.136. The summed E-state index contributed by atoms with van der Waals surface area (Å²) >= 11 is 6.10. The SMILES string of the molecule is O=C(O)CCNC(=O)NC1CCN(c2ncccc2Cl)C1. The molecule has 8 heteroatoms. The zero-order valence-electron chi connectivity index (χ0n) is 11.4. The monoisotopic (exact) mass is 312 g/mol. The van der Waals surface area contributed by atoms with Crippen LogP contribution < -0.4 is 15.5 Å². The standard InChI is InChI=1S/C13H17ClN4O3/c14-10-2-1-5-15-12(10)18-7-4-9(8-18)17-13(21)16-6-3-11(19)20/h1-2,5,9H,3-4,6-8H2,(H,19,20)(H2,16,17,21). The number of pyridine rings is 1. The van der Waals surface area contributed by atoms with Crippen LogP contribution in [0.3, 0.4) is 0 Å². The molecule has 7 nitrogen and oxygen atoms in total. The summed E-state index contributed by atoms with van der Waals surface area (Å²) in [6, 6.07) is 3.19. The van der Waals surface area contributed by atoms with Gasteiger partial charge in [-0.1, -0.05) is 11.6 Å². The molecule has 2 heterocycles. The van der Waals surface area contributed by atoms with Gasteiger partial charge >= 0.3 is 12.0 Å². The molecule has 0 spiro atoms. The molecule has 21 heavy (non-hydrogen) atoms. The second kappa shape index (κ2) is 7.12. The Morgan fingerprint density at radius 3 is 3.05 bits per heavy atom. The summed E-state index contributed by atoms with van der Waals surface area (Å²) in [5.74, 6) is -0.220. The van der Waals surface area contributed by atoms with Gasteiger partial charge in [-0.2, -0.15) is 0 Å². The number of hydrogen-bond acceptors (Lipinski definition) is 4. The van der Waals surface area contributed by atoms with Crippen LogP contribution in [0.25, 0.3) is 0 Å². The first-order chi connectivity index (χ1) is 10.1. The first kappa shape index (κ1) is 15.4. The van der Waals surface area contributed by atoms with Crippen LogP contribution >= 0.6 is 11.6 Å². The molecule has 1 aliphatic rings. The topological polar surface area (TPSA) is 94.6 Å². The lowest BCUT2D eigenvalue weighted by atomic mass is 10.3. The van der Waals surface area contributed by atoms with Gasteiger partial charge in [-0.15, -0.1) is 0 Å². The summed E-state index contributed by atoms with van der Waals surface area (Å²) < 4.78 is 0. The van der Waals surface area contributed by atoms with E-state index in [9.17, 15) is 9.59 Å². The Labute approximate surface area is 127 Å². The van der Waals surface area contributed by atoms with Gasteiger partial charge in [0, 0.05) is 31.9 Å². The molecule has 0 bridgehead atoms. The smallest absolute Gasteiger partial charge is 0.315 e. The quantitative estimate of drug-likeness (QED) is 0.756. The van der Waals surface area contributed by atoms with Crippen molar-refractivity contribution in [1.29, 1.82) is 0 Å². The Morgan fingerprint density at radius 1 is 1.52 bits per heavy atom. The minimum Gasteiger partial charge on any atom is -0.481 e. The van der Waals surface area contributed by atoms with Crippen molar-refractivity contribution in [3.63, 3.8) is 0 Å². The van der Waals surface area contributed by atoms with E-state index >= 15 is 0 Å². The molecule has 2 rings (SSSR count). The number of nitrogens with one attached hydrogen (secondary N) is 2. The highest BCUT2D eigenvalue weighted by atomic mass is 35.5. The Balaban J connectivity index is 1.79. The number of nitrogens with zero attached hydrogens (tertiary/aromatic N) is 2. The molecule has 1 aromatic heterocycles. The molecule has 1 unspecified atom stereocenters. The number of aromatic nitrogens is 1. The van der Waals surface area contributed by atoms with E-state index in [1.807, 2.05) is 4.90 Å². The maximum absolute atomic E-state index is 11.6. The van der Waals surface area contributed by atoms with Gasteiger partial charge in [-0.25, -0.2) is 9.78 Å². The minimum absolute atomic E-state index is 0.00657. The van der Waals surface area contributed by atoms with E-state index in [1.165, 1.54) is 0 Å². The van der Waals surface area contributed by atoms with Gasteiger partial charge in [-0.3, -0.25) is 4.79 Å². The van der Waals surface area contributed by atoms with E-state index in [4.69, 9.17) is 16.7 Å². The highest BCUT2D eigenvalue weighted by Gasteiger charge is 2.25. The fourth-order valence-corrected chi connectivity index (χ4v) is 2.44. The van der Waals surface area contributed by atoms with Gasteiger partial charge in [0.1, 0.15) is 5.82 Å². The van der Waals surface area contributed by atoms with E-state index in [0.29, 0.717) is 11.6 Å². The van der Waals surface area contributed by atoms with E-state index in [-0.39, 0.29) is 25.0 Å². The third kappa shape index (κ3) is 4.49. The van der Waals surface area contributed by atoms with E-state index in [2.05, 4.69) is 15.6 Å². The molecule has 114 valence electrons. The Bertz CT molecular complexity index is 526. The molecular weight excluding hydrogens is 296 g/mol. The van der Waals surface area contributed by atoms with Crippen molar-refractivity contribution in [3.05, 3.63) is 23.4 Å². The fraction of sp³-hybridized carbons (Fsp3) is 0.462. The first-order valence-corrected chi connectivity index (χ1v) is 7.05. The van der Waals surface area contributed by atoms with Crippen LogP contribution in [0.2, 0.25) is 5.02 Å². The van der Waals surface area contributed by atoms with E-state index < -0.39 is 5.97 Å². The number of aliphatic carboxylic acids is 1. The second-order valence-corrected chi connectivity index (χ2v) is 5.19. The molecule has 0 radical (unpaired) electrons. The van der Waals surface area contributed by atoms with E-state index in [0.717, 1.165) is 18.8 Å². The number of rotatable bonds is 5. The summed E-state index contributed by atoms with van der Waals surface area (Å²) in [5, 5.41) is 14.4. The van der Waals surface area contributed by atoms with Crippen molar-refractivity contribution in [2.75, 3.05) is 24.5 Å². The van der Waals surface area contributed by atoms with Crippen LogP contribution in [0.4, 0.5) is 10.6 Å². The lowest BCUT2D eigenvalue weighted by Crippen LogP contribution is -2.44. The number of carbonyl (C=O) groups excluding carboxylic acids is 1. The Hall–Kier alpha value is -2.02. The maximum Gasteiger partial charge on any atom is 0.315 e. The molecule has 1 saturated heterocycles. The molecule has 1 atom stereocenters. The normalized spacial score (nSPS) is 17.6. The summed E-state index contributed by atoms with van der Waals surface area (Å²) in [6.07, 6.45) is 2.38. The highest BCUT2D eigenvalue weighted by molar-refractivity contribution is 6.32. The third-order valence-corrected chi connectivity index (χ3v) is 3.48. The fourth-order valence-electron chi connectivity index (χ4n) is 2.20. The number of carbonyl (C=O) groups is 2. The average Bonchev–Trinajstić information content (AvgIpc) is 2.87. The molecule has 0 aromatic carbocycles. The molecule has 1 fully saturated rings. The molecule has 1 aliphatic heterocycles. The summed E-state index contributed by atoms with van der Waals surface area (Å²) in [5.41, 5.74) is 0. The highest BCUT2D eigenvalue weighted by Crippen LogP contribution is 2.25. The number of carboxylic acids is 1.